The Kier molecular flexibility index (Phi) is 7.11. The Hall–Kier alpha value is -3.86. The SMILES string of the molecule is COc1ccc(C(=O)N(CC#N)CCNC(=O)O)c(C(=O)c2ccccc2)c1. The van der Waals surface area contributed by atoms with Gasteiger partial charge in [-0.25, -0.2) is 4.79 Å². The van der Waals surface area contributed by atoms with Crippen molar-refractivity contribution in [3.05, 3.63) is 65.2 Å². The first-order valence-electron chi connectivity index (χ1n) is 8.38. The van der Waals surface area contributed by atoms with Crippen LogP contribution in [0.2, 0.25) is 0 Å². The fourth-order valence-electron chi connectivity index (χ4n) is 2.58. The minimum atomic E-state index is -1.23. The van der Waals surface area contributed by atoms with E-state index >= 15 is 0 Å². The number of benzene rings is 2. The van der Waals surface area contributed by atoms with Crippen LogP contribution in [0.25, 0.3) is 0 Å². The first-order chi connectivity index (χ1) is 13.5. The van der Waals surface area contributed by atoms with Gasteiger partial charge < -0.3 is 20.1 Å². The van der Waals surface area contributed by atoms with Crippen LogP contribution in [0, 0.1) is 11.3 Å². The molecule has 0 aliphatic rings. The van der Waals surface area contributed by atoms with E-state index in [-0.39, 0.29) is 36.5 Å². The molecule has 2 aromatic rings. The summed E-state index contributed by atoms with van der Waals surface area (Å²) in [5.41, 5.74) is 0.661. The fraction of sp³-hybridized carbons (Fsp3) is 0.200. The number of nitrogens with one attached hydrogen (secondary N) is 1. The van der Waals surface area contributed by atoms with Gasteiger partial charge in [0.2, 0.25) is 0 Å². The summed E-state index contributed by atoms with van der Waals surface area (Å²) in [7, 11) is 1.45. The number of carbonyl (C=O) groups excluding carboxylic acids is 2. The number of ether oxygens (including phenoxy) is 1. The van der Waals surface area contributed by atoms with Crippen molar-refractivity contribution >= 4 is 17.8 Å². The molecule has 0 heterocycles. The smallest absolute Gasteiger partial charge is 0.404 e. The highest BCUT2D eigenvalue weighted by Crippen LogP contribution is 2.22. The van der Waals surface area contributed by atoms with E-state index in [1.54, 1.807) is 36.4 Å². The molecule has 28 heavy (non-hydrogen) atoms. The zero-order valence-corrected chi connectivity index (χ0v) is 15.2. The molecule has 0 aromatic heterocycles. The second-order valence-corrected chi connectivity index (χ2v) is 5.72. The van der Waals surface area contributed by atoms with E-state index in [9.17, 15) is 14.4 Å². The predicted octanol–water partition coefficient (Wildman–Crippen LogP) is 2.16. The molecule has 2 rings (SSSR count). The molecule has 0 saturated carbocycles. The Morgan fingerprint density at radius 3 is 2.46 bits per heavy atom. The number of nitriles is 1. The van der Waals surface area contributed by atoms with Crippen molar-refractivity contribution < 1.29 is 24.2 Å². The van der Waals surface area contributed by atoms with E-state index in [1.165, 1.54) is 24.1 Å². The van der Waals surface area contributed by atoms with Crippen molar-refractivity contribution in [2.45, 2.75) is 0 Å². The summed E-state index contributed by atoms with van der Waals surface area (Å²) in [6.45, 7) is -0.296. The summed E-state index contributed by atoms with van der Waals surface area (Å²) >= 11 is 0. The molecule has 0 atom stereocenters. The van der Waals surface area contributed by atoms with Gasteiger partial charge in [0.1, 0.15) is 12.3 Å². The van der Waals surface area contributed by atoms with E-state index in [2.05, 4.69) is 5.32 Å². The van der Waals surface area contributed by atoms with Gasteiger partial charge in [-0.3, -0.25) is 9.59 Å². The number of hydrogen-bond acceptors (Lipinski definition) is 5. The van der Waals surface area contributed by atoms with Crippen LogP contribution in [0.5, 0.6) is 5.75 Å². The molecule has 0 aliphatic carbocycles. The third-order valence-corrected chi connectivity index (χ3v) is 3.94. The standard InChI is InChI=1S/C20H19N3O5/c1-28-15-7-8-16(17(13-15)18(24)14-5-3-2-4-6-14)19(25)23(11-9-21)12-10-22-20(26)27/h2-8,13,22H,10-12H2,1H3,(H,26,27). The van der Waals surface area contributed by atoms with Crippen molar-refractivity contribution in [3.8, 4) is 11.8 Å². The number of carboxylic acid groups (broad SMARTS) is 1. The van der Waals surface area contributed by atoms with Gasteiger partial charge in [0.15, 0.2) is 5.78 Å². The van der Waals surface area contributed by atoms with Crippen LogP contribution in [-0.4, -0.2) is 54.5 Å². The molecule has 2 aromatic carbocycles. The number of amides is 2. The van der Waals surface area contributed by atoms with Crippen LogP contribution >= 0.6 is 0 Å². The summed E-state index contributed by atoms with van der Waals surface area (Å²) in [5, 5.41) is 19.8. The van der Waals surface area contributed by atoms with E-state index in [0.29, 0.717) is 11.3 Å². The Bertz CT molecular complexity index is 906. The molecule has 0 radical (unpaired) electrons. The largest absolute Gasteiger partial charge is 0.497 e. The van der Waals surface area contributed by atoms with E-state index in [0.717, 1.165) is 0 Å². The van der Waals surface area contributed by atoms with Crippen molar-refractivity contribution in [3.63, 3.8) is 0 Å². The van der Waals surface area contributed by atoms with Crippen LogP contribution < -0.4 is 10.1 Å². The quantitative estimate of drug-likeness (QED) is 0.534. The number of ketones is 1. The molecule has 144 valence electrons. The average molecular weight is 381 g/mol. The number of methoxy groups -OCH3 is 1. The highest BCUT2D eigenvalue weighted by atomic mass is 16.5. The molecule has 8 heteroatoms. The predicted molar refractivity (Wildman–Crippen MR) is 100 cm³/mol. The summed E-state index contributed by atoms with van der Waals surface area (Å²) in [6, 6.07) is 14.9. The zero-order valence-electron chi connectivity index (χ0n) is 15.2. The van der Waals surface area contributed by atoms with Crippen molar-refractivity contribution in [1.29, 1.82) is 5.26 Å². The lowest BCUT2D eigenvalue weighted by atomic mass is 9.97. The number of rotatable bonds is 8. The summed E-state index contributed by atoms with van der Waals surface area (Å²) < 4.78 is 5.17. The molecule has 8 nitrogen and oxygen atoms in total. The Labute approximate surface area is 162 Å². The first-order valence-corrected chi connectivity index (χ1v) is 8.38. The number of carbonyl (C=O) groups is 3. The maximum absolute atomic E-state index is 13.0. The van der Waals surface area contributed by atoms with Gasteiger partial charge in [-0.05, 0) is 18.2 Å². The van der Waals surface area contributed by atoms with Crippen molar-refractivity contribution in [2.24, 2.45) is 0 Å². The van der Waals surface area contributed by atoms with Gasteiger partial charge in [-0.1, -0.05) is 30.3 Å². The van der Waals surface area contributed by atoms with Crippen LogP contribution in [0.15, 0.2) is 48.5 Å². The maximum atomic E-state index is 13.0. The topological polar surface area (TPSA) is 120 Å². The van der Waals surface area contributed by atoms with Crippen LogP contribution in [0.4, 0.5) is 4.79 Å². The first kappa shape index (κ1) is 20.5. The van der Waals surface area contributed by atoms with Gasteiger partial charge in [-0.2, -0.15) is 5.26 Å². The van der Waals surface area contributed by atoms with Gasteiger partial charge in [0.05, 0.1) is 18.7 Å². The highest BCUT2D eigenvalue weighted by Gasteiger charge is 2.23. The number of nitrogens with zero attached hydrogens (tertiary/aromatic N) is 2. The fourth-order valence-corrected chi connectivity index (χ4v) is 2.58. The Balaban J connectivity index is 2.39. The summed E-state index contributed by atoms with van der Waals surface area (Å²) in [4.78, 5) is 37.7. The van der Waals surface area contributed by atoms with Gasteiger partial charge in [0.25, 0.3) is 5.91 Å². The molecule has 0 bridgehead atoms. The lowest BCUT2D eigenvalue weighted by Crippen LogP contribution is -2.39. The molecule has 0 fully saturated rings. The minimum absolute atomic E-state index is 0.0102. The van der Waals surface area contributed by atoms with Crippen molar-refractivity contribution in [1.82, 2.24) is 10.2 Å². The third kappa shape index (κ3) is 5.08. The molecular weight excluding hydrogens is 362 g/mol. The van der Waals surface area contributed by atoms with Crippen LogP contribution in [-0.2, 0) is 0 Å². The van der Waals surface area contributed by atoms with Gasteiger partial charge >= 0.3 is 6.09 Å². The highest BCUT2D eigenvalue weighted by molar-refractivity contribution is 6.15. The second kappa shape index (κ2) is 9.73. The molecule has 0 aliphatic heterocycles. The normalized spacial score (nSPS) is 9.86. The maximum Gasteiger partial charge on any atom is 0.404 e. The molecule has 0 spiro atoms. The van der Waals surface area contributed by atoms with Crippen molar-refractivity contribution in [2.75, 3.05) is 26.7 Å². The van der Waals surface area contributed by atoms with E-state index in [4.69, 9.17) is 15.1 Å². The molecule has 0 saturated heterocycles. The lowest BCUT2D eigenvalue weighted by molar-refractivity contribution is 0.0771. The van der Waals surface area contributed by atoms with Gasteiger partial charge in [0, 0.05) is 24.2 Å². The Morgan fingerprint density at radius 1 is 1.14 bits per heavy atom. The van der Waals surface area contributed by atoms with Crippen LogP contribution in [0.1, 0.15) is 26.3 Å². The molecule has 0 unspecified atom stereocenters. The molecular formula is C20H19N3O5. The molecule has 2 N–H and O–H groups in total. The summed E-state index contributed by atoms with van der Waals surface area (Å²) in [6.07, 6.45) is -1.23. The minimum Gasteiger partial charge on any atom is -0.497 e. The third-order valence-electron chi connectivity index (χ3n) is 3.94. The molecule has 2 amide bonds. The monoisotopic (exact) mass is 381 g/mol. The number of hydrogen-bond donors (Lipinski definition) is 2. The second-order valence-electron chi connectivity index (χ2n) is 5.72. The van der Waals surface area contributed by atoms with Crippen LogP contribution in [0.3, 0.4) is 0 Å². The lowest BCUT2D eigenvalue weighted by Gasteiger charge is -2.21. The Morgan fingerprint density at radius 2 is 1.86 bits per heavy atom. The van der Waals surface area contributed by atoms with Gasteiger partial charge in [-0.15, -0.1) is 0 Å². The van der Waals surface area contributed by atoms with E-state index < -0.39 is 12.0 Å². The average Bonchev–Trinajstić information content (AvgIpc) is 2.72. The van der Waals surface area contributed by atoms with E-state index in [1.807, 2.05) is 6.07 Å². The summed E-state index contributed by atoms with van der Waals surface area (Å²) in [5.74, 6) is -0.491. The zero-order chi connectivity index (χ0) is 20.5.